The fraction of sp³-hybridized carbons (Fsp3) is 0.250. The number of benzene rings is 1. The van der Waals surface area contributed by atoms with Gasteiger partial charge in [0.15, 0.2) is 9.84 Å². The number of pyridine rings is 1. The maximum atomic E-state index is 11.9. The summed E-state index contributed by atoms with van der Waals surface area (Å²) in [6.45, 7) is 2.17. The molecule has 7 heteroatoms. The van der Waals surface area contributed by atoms with Crippen LogP contribution in [-0.4, -0.2) is 25.7 Å². The Bertz CT molecular complexity index is 759. The molecule has 0 aliphatic heterocycles. The van der Waals surface area contributed by atoms with E-state index in [9.17, 15) is 13.2 Å². The van der Waals surface area contributed by atoms with Crippen molar-refractivity contribution in [2.45, 2.75) is 24.4 Å². The van der Waals surface area contributed by atoms with Crippen LogP contribution in [-0.2, 0) is 16.4 Å². The van der Waals surface area contributed by atoms with E-state index < -0.39 is 9.84 Å². The number of urea groups is 1. The van der Waals surface area contributed by atoms with Gasteiger partial charge in [-0.2, -0.15) is 0 Å². The third-order valence-corrected chi connectivity index (χ3v) is 4.44. The molecule has 1 unspecified atom stereocenters. The number of hydrogen-bond donors (Lipinski definition) is 2. The van der Waals surface area contributed by atoms with E-state index in [1.807, 2.05) is 25.1 Å². The lowest BCUT2D eigenvalue weighted by Gasteiger charge is -2.15. The summed E-state index contributed by atoms with van der Waals surface area (Å²) in [4.78, 5) is 16.3. The molecule has 0 aliphatic carbocycles. The van der Waals surface area contributed by atoms with Gasteiger partial charge >= 0.3 is 6.03 Å². The van der Waals surface area contributed by atoms with Crippen molar-refractivity contribution in [3.8, 4) is 0 Å². The highest BCUT2D eigenvalue weighted by Crippen LogP contribution is 2.16. The van der Waals surface area contributed by atoms with Gasteiger partial charge < -0.3 is 10.6 Å². The maximum Gasteiger partial charge on any atom is 0.315 e. The van der Waals surface area contributed by atoms with E-state index in [1.54, 1.807) is 18.3 Å². The summed E-state index contributed by atoms with van der Waals surface area (Å²) in [5, 5.41) is 5.52. The second kappa shape index (κ2) is 7.23. The van der Waals surface area contributed by atoms with Crippen molar-refractivity contribution in [3.63, 3.8) is 0 Å². The number of hydrogen-bond acceptors (Lipinski definition) is 4. The molecule has 0 spiro atoms. The van der Waals surface area contributed by atoms with E-state index in [2.05, 4.69) is 15.6 Å². The second-order valence-electron chi connectivity index (χ2n) is 5.21. The van der Waals surface area contributed by atoms with Crippen molar-refractivity contribution in [2.24, 2.45) is 0 Å². The minimum atomic E-state index is -3.21. The SMILES string of the molecule is CC(NC(=O)NCc1ccccn1)c1ccc(S(C)(=O)=O)cc1. The normalized spacial score (nSPS) is 12.4. The van der Waals surface area contributed by atoms with Gasteiger partial charge in [0.2, 0.25) is 0 Å². The van der Waals surface area contributed by atoms with Crippen molar-refractivity contribution >= 4 is 15.9 Å². The molecule has 2 aromatic rings. The predicted molar refractivity (Wildman–Crippen MR) is 87.6 cm³/mol. The first-order valence-corrected chi connectivity index (χ1v) is 8.99. The number of nitrogens with zero attached hydrogens (tertiary/aromatic N) is 1. The van der Waals surface area contributed by atoms with Crippen LogP contribution >= 0.6 is 0 Å². The Kier molecular flexibility index (Phi) is 5.33. The predicted octanol–water partition coefficient (Wildman–Crippen LogP) is 2.05. The average molecular weight is 333 g/mol. The Morgan fingerprint density at radius 1 is 1.17 bits per heavy atom. The monoisotopic (exact) mass is 333 g/mol. The minimum Gasteiger partial charge on any atom is -0.332 e. The summed E-state index contributed by atoms with van der Waals surface area (Å²) in [6, 6.07) is 11.4. The summed E-state index contributed by atoms with van der Waals surface area (Å²) in [5.74, 6) is 0. The lowest BCUT2D eigenvalue weighted by atomic mass is 10.1. The largest absolute Gasteiger partial charge is 0.332 e. The standard InChI is InChI=1S/C16H19N3O3S/c1-12(13-6-8-15(9-7-13)23(2,21)22)19-16(20)18-11-14-5-3-4-10-17-14/h3-10,12H,11H2,1-2H3,(H2,18,19,20). The Labute approximate surface area is 135 Å². The van der Waals surface area contributed by atoms with Gasteiger partial charge in [0.05, 0.1) is 23.2 Å². The maximum absolute atomic E-state index is 11.9. The van der Waals surface area contributed by atoms with Gasteiger partial charge in [-0.15, -0.1) is 0 Å². The van der Waals surface area contributed by atoms with Crippen LogP contribution in [0.15, 0.2) is 53.6 Å². The molecule has 1 heterocycles. The number of amides is 2. The van der Waals surface area contributed by atoms with E-state index in [-0.39, 0.29) is 17.0 Å². The number of nitrogens with one attached hydrogen (secondary N) is 2. The third-order valence-electron chi connectivity index (χ3n) is 3.31. The summed E-state index contributed by atoms with van der Waals surface area (Å²) in [5.41, 5.74) is 1.60. The molecule has 6 nitrogen and oxygen atoms in total. The van der Waals surface area contributed by atoms with Crippen LogP contribution in [0, 0.1) is 0 Å². The third kappa shape index (κ3) is 5.07. The van der Waals surface area contributed by atoms with Crippen LogP contribution in [0.5, 0.6) is 0 Å². The molecule has 0 radical (unpaired) electrons. The lowest BCUT2D eigenvalue weighted by Crippen LogP contribution is -2.36. The number of carbonyl (C=O) groups excluding carboxylic acids is 1. The molecule has 0 aliphatic rings. The first-order valence-electron chi connectivity index (χ1n) is 7.10. The zero-order valence-corrected chi connectivity index (χ0v) is 13.8. The molecule has 2 N–H and O–H groups in total. The lowest BCUT2D eigenvalue weighted by molar-refractivity contribution is 0.237. The van der Waals surface area contributed by atoms with Crippen LogP contribution in [0.1, 0.15) is 24.2 Å². The molecule has 0 bridgehead atoms. The van der Waals surface area contributed by atoms with E-state index >= 15 is 0 Å². The van der Waals surface area contributed by atoms with E-state index in [0.717, 1.165) is 17.5 Å². The van der Waals surface area contributed by atoms with E-state index in [0.29, 0.717) is 6.54 Å². The van der Waals surface area contributed by atoms with Crippen LogP contribution in [0.25, 0.3) is 0 Å². The van der Waals surface area contributed by atoms with E-state index in [4.69, 9.17) is 0 Å². The smallest absolute Gasteiger partial charge is 0.315 e. The minimum absolute atomic E-state index is 0.243. The molecule has 0 fully saturated rings. The van der Waals surface area contributed by atoms with Gasteiger partial charge in [0.1, 0.15) is 0 Å². The van der Waals surface area contributed by atoms with Crippen molar-refractivity contribution in [2.75, 3.05) is 6.26 Å². The highest BCUT2D eigenvalue weighted by Gasteiger charge is 2.11. The molecule has 1 aromatic carbocycles. The molecular weight excluding hydrogens is 314 g/mol. The van der Waals surface area contributed by atoms with E-state index in [1.165, 1.54) is 12.1 Å². The zero-order chi connectivity index (χ0) is 16.9. The fourth-order valence-corrected chi connectivity index (χ4v) is 2.64. The Morgan fingerprint density at radius 2 is 1.87 bits per heavy atom. The average Bonchev–Trinajstić information content (AvgIpc) is 2.53. The summed E-state index contributed by atoms with van der Waals surface area (Å²) >= 11 is 0. The summed E-state index contributed by atoms with van der Waals surface area (Å²) < 4.78 is 22.9. The van der Waals surface area contributed by atoms with Gasteiger partial charge in [-0.25, -0.2) is 13.2 Å². The zero-order valence-electron chi connectivity index (χ0n) is 13.0. The van der Waals surface area contributed by atoms with Gasteiger partial charge in [-0.3, -0.25) is 4.98 Å². The molecular formula is C16H19N3O3S. The van der Waals surface area contributed by atoms with Crippen LogP contribution in [0.3, 0.4) is 0 Å². The molecule has 0 saturated heterocycles. The first kappa shape index (κ1) is 17.0. The molecule has 2 rings (SSSR count). The van der Waals surface area contributed by atoms with Gasteiger partial charge in [0, 0.05) is 12.5 Å². The van der Waals surface area contributed by atoms with Crippen LogP contribution in [0.4, 0.5) is 4.79 Å². The van der Waals surface area contributed by atoms with Crippen molar-refractivity contribution in [1.29, 1.82) is 0 Å². The molecule has 1 aromatic heterocycles. The summed E-state index contributed by atoms with van der Waals surface area (Å²) in [7, 11) is -3.21. The Morgan fingerprint density at radius 3 is 2.43 bits per heavy atom. The Hall–Kier alpha value is -2.41. The second-order valence-corrected chi connectivity index (χ2v) is 7.23. The Balaban J connectivity index is 1.90. The van der Waals surface area contributed by atoms with Gasteiger partial charge in [-0.1, -0.05) is 18.2 Å². The molecule has 0 saturated carbocycles. The first-order chi connectivity index (χ1) is 10.9. The topological polar surface area (TPSA) is 88.2 Å². The molecule has 2 amide bonds. The highest BCUT2D eigenvalue weighted by atomic mass is 32.2. The van der Waals surface area contributed by atoms with Crippen molar-refractivity contribution in [3.05, 3.63) is 59.9 Å². The van der Waals surface area contributed by atoms with Crippen LogP contribution < -0.4 is 10.6 Å². The number of sulfone groups is 1. The quantitative estimate of drug-likeness (QED) is 0.876. The van der Waals surface area contributed by atoms with Crippen molar-refractivity contribution in [1.82, 2.24) is 15.6 Å². The van der Waals surface area contributed by atoms with Gasteiger partial charge in [-0.05, 0) is 36.8 Å². The fourth-order valence-electron chi connectivity index (χ4n) is 2.01. The summed E-state index contributed by atoms with van der Waals surface area (Å²) in [6.07, 6.45) is 2.83. The molecule has 122 valence electrons. The molecule has 23 heavy (non-hydrogen) atoms. The van der Waals surface area contributed by atoms with Gasteiger partial charge in [0.25, 0.3) is 0 Å². The number of carbonyl (C=O) groups is 1. The van der Waals surface area contributed by atoms with Crippen LogP contribution in [0.2, 0.25) is 0 Å². The van der Waals surface area contributed by atoms with Crippen molar-refractivity contribution < 1.29 is 13.2 Å². The number of aromatic nitrogens is 1. The molecule has 1 atom stereocenters. The highest BCUT2D eigenvalue weighted by molar-refractivity contribution is 7.90. The number of rotatable bonds is 5.